The third kappa shape index (κ3) is 3.68. The average molecular weight is 273 g/mol. The van der Waals surface area contributed by atoms with Crippen molar-refractivity contribution in [2.45, 2.75) is 13.8 Å². The number of benzene rings is 1. The highest BCUT2D eigenvalue weighted by molar-refractivity contribution is 6.35. The lowest BCUT2D eigenvalue weighted by molar-refractivity contribution is -0.384. The summed E-state index contributed by atoms with van der Waals surface area (Å²) in [6.07, 6.45) is 0. The molecule has 7 heteroatoms. The molecule has 1 aromatic carbocycles. The molecule has 0 saturated heterocycles. The molecule has 6 nitrogen and oxygen atoms in total. The highest BCUT2D eigenvalue weighted by atomic mass is 35.5. The molecule has 1 rings (SSSR count). The fourth-order valence-corrected chi connectivity index (χ4v) is 1.45. The van der Waals surface area contributed by atoms with Crippen molar-refractivity contribution in [2.75, 3.05) is 6.61 Å². The molecule has 0 bridgehead atoms. The van der Waals surface area contributed by atoms with E-state index in [9.17, 15) is 14.9 Å². The number of nitro groups is 1. The molecule has 0 radical (unpaired) electrons. The smallest absolute Gasteiger partial charge is 0.273 e. The summed E-state index contributed by atoms with van der Waals surface area (Å²) in [6, 6.07) is 4.01. The van der Waals surface area contributed by atoms with E-state index < -0.39 is 10.8 Å². The van der Waals surface area contributed by atoms with Crippen molar-refractivity contribution >= 4 is 23.2 Å². The molecule has 0 atom stereocenters. The average Bonchev–Trinajstić information content (AvgIpc) is 2.28. The van der Waals surface area contributed by atoms with Crippen LogP contribution in [0.4, 0.5) is 5.69 Å². The fraction of sp³-hybridized carbons (Fsp3) is 0.364. The predicted molar refractivity (Wildman–Crippen MR) is 66.4 cm³/mol. The molecule has 0 aromatic heterocycles. The Morgan fingerprint density at radius 2 is 2.22 bits per heavy atom. The van der Waals surface area contributed by atoms with Gasteiger partial charge in [-0.25, -0.2) is 5.48 Å². The Hall–Kier alpha value is -1.66. The maximum absolute atomic E-state index is 11.7. The molecular formula is C11H13ClN2O4. The quantitative estimate of drug-likeness (QED) is 0.660. The van der Waals surface area contributed by atoms with Gasteiger partial charge in [0, 0.05) is 6.07 Å². The second-order valence-corrected chi connectivity index (χ2v) is 4.41. The third-order valence-corrected chi connectivity index (χ3v) is 2.40. The van der Waals surface area contributed by atoms with Crippen LogP contribution in [0.15, 0.2) is 18.2 Å². The van der Waals surface area contributed by atoms with E-state index in [1.165, 1.54) is 18.2 Å². The molecule has 0 unspecified atom stereocenters. The molecule has 0 heterocycles. The third-order valence-electron chi connectivity index (χ3n) is 2.00. The van der Waals surface area contributed by atoms with Crippen LogP contribution >= 0.6 is 11.6 Å². The molecule has 0 aliphatic rings. The lowest BCUT2D eigenvalue weighted by Gasteiger charge is -2.08. The van der Waals surface area contributed by atoms with Gasteiger partial charge in [0.1, 0.15) is 5.02 Å². The number of rotatable bonds is 5. The summed E-state index contributed by atoms with van der Waals surface area (Å²) in [4.78, 5) is 26.6. The summed E-state index contributed by atoms with van der Waals surface area (Å²) in [5.41, 5.74) is 1.89. The monoisotopic (exact) mass is 272 g/mol. The molecule has 98 valence electrons. The highest BCUT2D eigenvalue weighted by Gasteiger charge is 2.19. The molecule has 0 aliphatic carbocycles. The fourth-order valence-electron chi connectivity index (χ4n) is 1.17. The van der Waals surface area contributed by atoms with Crippen molar-refractivity contribution < 1.29 is 14.6 Å². The first kappa shape index (κ1) is 14.4. The van der Waals surface area contributed by atoms with E-state index in [0.717, 1.165) is 0 Å². The van der Waals surface area contributed by atoms with Gasteiger partial charge in [0.25, 0.3) is 11.6 Å². The molecule has 1 N–H and O–H groups in total. The van der Waals surface area contributed by atoms with E-state index >= 15 is 0 Å². The van der Waals surface area contributed by atoms with Crippen molar-refractivity contribution in [2.24, 2.45) is 5.92 Å². The topological polar surface area (TPSA) is 81.5 Å². The second kappa shape index (κ2) is 6.32. The molecule has 0 fully saturated rings. The Labute approximate surface area is 109 Å². The zero-order valence-corrected chi connectivity index (χ0v) is 10.7. The first-order valence-corrected chi connectivity index (χ1v) is 5.66. The second-order valence-electron chi connectivity index (χ2n) is 4.03. The van der Waals surface area contributed by atoms with Crippen LogP contribution < -0.4 is 5.48 Å². The summed E-state index contributed by atoms with van der Waals surface area (Å²) in [6.45, 7) is 4.19. The zero-order valence-electron chi connectivity index (χ0n) is 9.97. The van der Waals surface area contributed by atoms with Crippen molar-refractivity contribution in [3.63, 3.8) is 0 Å². The lowest BCUT2D eigenvalue weighted by atomic mass is 10.2. The van der Waals surface area contributed by atoms with Crippen molar-refractivity contribution in [3.8, 4) is 0 Å². The van der Waals surface area contributed by atoms with Gasteiger partial charge in [0.2, 0.25) is 0 Å². The number of hydrogen-bond donors (Lipinski definition) is 1. The number of nitro benzene ring substituents is 1. The van der Waals surface area contributed by atoms with E-state index in [1.807, 2.05) is 13.8 Å². The first-order valence-electron chi connectivity index (χ1n) is 5.28. The van der Waals surface area contributed by atoms with Gasteiger partial charge in [0.15, 0.2) is 0 Å². The van der Waals surface area contributed by atoms with Crippen molar-refractivity contribution in [3.05, 3.63) is 38.9 Å². The van der Waals surface area contributed by atoms with Crippen LogP contribution in [-0.2, 0) is 4.84 Å². The molecule has 1 aromatic rings. The first-order chi connectivity index (χ1) is 8.43. The van der Waals surface area contributed by atoms with Crippen LogP contribution in [0.1, 0.15) is 24.2 Å². The lowest BCUT2D eigenvalue weighted by Crippen LogP contribution is -2.26. The standard InChI is InChI=1S/C11H13ClN2O4/c1-7(2)6-18-13-11(15)8-4-3-5-9(10(8)12)14(16)17/h3-5,7H,6H2,1-2H3,(H,13,15). The number of hydroxylamine groups is 1. The van der Waals surface area contributed by atoms with Crippen molar-refractivity contribution in [1.29, 1.82) is 0 Å². The van der Waals surface area contributed by atoms with E-state index in [0.29, 0.717) is 6.61 Å². The summed E-state index contributed by atoms with van der Waals surface area (Å²) >= 11 is 5.78. The van der Waals surface area contributed by atoms with Crippen molar-refractivity contribution in [1.82, 2.24) is 5.48 Å². The van der Waals surface area contributed by atoms with E-state index in [1.54, 1.807) is 0 Å². The van der Waals surface area contributed by atoms with Crippen LogP contribution in [0.3, 0.4) is 0 Å². The predicted octanol–water partition coefficient (Wildman–Crippen LogP) is 2.57. The minimum absolute atomic E-state index is 0.00891. The number of amides is 1. The van der Waals surface area contributed by atoms with Gasteiger partial charge in [0.05, 0.1) is 17.1 Å². The Balaban J connectivity index is 2.80. The maximum atomic E-state index is 11.7. The zero-order chi connectivity index (χ0) is 13.7. The van der Waals surface area contributed by atoms with Gasteiger partial charge >= 0.3 is 0 Å². The highest BCUT2D eigenvalue weighted by Crippen LogP contribution is 2.27. The Morgan fingerprint density at radius 1 is 1.56 bits per heavy atom. The Morgan fingerprint density at radius 3 is 2.78 bits per heavy atom. The van der Waals surface area contributed by atoms with Gasteiger partial charge in [-0.15, -0.1) is 0 Å². The molecule has 18 heavy (non-hydrogen) atoms. The van der Waals surface area contributed by atoms with Gasteiger partial charge in [-0.1, -0.05) is 31.5 Å². The molecule has 0 aliphatic heterocycles. The van der Waals surface area contributed by atoms with Crippen LogP contribution in [-0.4, -0.2) is 17.4 Å². The summed E-state index contributed by atoms with van der Waals surface area (Å²) < 4.78 is 0. The van der Waals surface area contributed by atoms with Gasteiger partial charge in [-0.05, 0) is 12.0 Å². The van der Waals surface area contributed by atoms with E-state index in [-0.39, 0.29) is 22.2 Å². The molecule has 0 spiro atoms. The number of nitrogens with zero attached hydrogens (tertiary/aromatic N) is 1. The number of nitrogens with one attached hydrogen (secondary N) is 1. The number of carbonyl (C=O) groups is 1. The largest absolute Gasteiger partial charge is 0.288 e. The van der Waals surface area contributed by atoms with Crippen LogP contribution in [0, 0.1) is 16.0 Å². The summed E-state index contributed by atoms with van der Waals surface area (Å²) in [7, 11) is 0. The molecule has 1 amide bonds. The van der Waals surface area contributed by atoms with Crippen LogP contribution in [0.2, 0.25) is 5.02 Å². The molecular weight excluding hydrogens is 260 g/mol. The van der Waals surface area contributed by atoms with E-state index in [4.69, 9.17) is 16.4 Å². The Bertz CT molecular complexity index is 462. The number of halogens is 1. The van der Waals surface area contributed by atoms with Gasteiger partial charge in [-0.3, -0.25) is 19.7 Å². The minimum Gasteiger partial charge on any atom is -0.273 e. The Kier molecular flexibility index (Phi) is 5.06. The summed E-state index contributed by atoms with van der Waals surface area (Å²) in [5.74, 6) is -0.352. The van der Waals surface area contributed by atoms with Crippen LogP contribution in [0.5, 0.6) is 0 Å². The number of hydrogen-bond acceptors (Lipinski definition) is 4. The normalized spacial score (nSPS) is 10.4. The molecule has 0 saturated carbocycles. The van der Waals surface area contributed by atoms with Gasteiger partial charge in [-0.2, -0.15) is 0 Å². The number of carbonyl (C=O) groups excluding carboxylic acids is 1. The van der Waals surface area contributed by atoms with E-state index in [2.05, 4.69) is 5.48 Å². The van der Waals surface area contributed by atoms with Gasteiger partial charge < -0.3 is 0 Å². The SMILES string of the molecule is CC(C)CONC(=O)c1cccc([N+](=O)[O-])c1Cl. The minimum atomic E-state index is -0.645. The van der Waals surface area contributed by atoms with Crippen LogP contribution in [0.25, 0.3) is 0 Å². The maximum Gasteiger partial charge on any atom is 0.288 e. The summed E-state index contributed by atoms with van der Waals surface area (Å²) in [5, 5.41) is 10.5.